The van der Waals surface area contributed by atoms with Crippen LogP contribution in [0.15, 0.2) is 16.5 Å². The fraction of sp³-hybridized carbons (Fsp3) is 0.571. The Kier molecular flexibility index (Phi) is 5.64. The Hall–Kier alpha value is -1.53. The van der Waals surface area contributed by atoms with Crippen molar-refractivity contribution in [1.29, 1.82) is 0 Å². The van der Waals surface area contributed by atoms with E-state index in [4.69, 9.17) is 21.1 Å². The summed E-state index contributed by atoms with van der Waals surface area (Å²) >= 11 is 5.66. The second-order valence-electron chi connectivity index (χ2n) is 5.04. The van der Waals surface area contributed by atoms with Crippen molar-refractivity contribution in [3.63, 3.8) is 0 Å². The highest BCUT2D eigenvalue weighted by molar-refractivity contribution is 6.29. The number of aliphatic hydroxyl groups is 1. The molecule has 1 aliphatic heterocycles. The molecule has 2 N–H and O–H groups in total. The number of hydrogen-bond donors (Lipinski definition) is 2. The summed E-state index contributed by atoms with van der Waals surface area (Å²) in [6.45, 7) is 1.60. The van der Waals surface area contributed by atoms with Gasteiger partial charge in [0.05, 0.1) is 0 Å². The molecule has 6 nitrogen and oxygen atoms in total. The van der Waals surface area contributed by atoms with E-state index in [1.165, 1.54) is 6.07 Å². The third kappa shape index (κ3) is 4.22. The molecule has 0 bridgehead atoms. The molecule has 0 unspecified atom stereocenters. The molecule has 0 saturated carbocycles. The van der Waals surface area contributed by atoms with Crippen LogP contribution in [0.5, 0.6) is 0 Å². The molecule has 1 fully saturated rings. The summed E-state index contributed by atoms with van der Waals surface area (Å²) in [5.41, 5.74) is 0. The minimum atomic E-state index is -0.193. The van der Waals surface area contributed by atoms with Gasteiger partial charge in [-0.15, -0.1) is 0 Å². The molecule has 2 amide bonds. The molecule has 2 heterocycles. The van der Waals surface area contributed by atoms with Gasteiger partial charge in [0.1, 0.15) is 0 Å². The van der Waals surface area contributed by atoms with Gasteiger partial charge in [-0.2, -0.15) is 0 Å². The van der Waals surface area contributed by atoms with E-state index in [1.54, 1.807) is 11.0 Å². The second kappa shape index (κ2) is 7.47. The fourth-order valence-electron chi connectivity index (χ4n) is 2.36. The number of nitrogens with one attached hydrogen (secondary N) is 1. The van der Waals surface area contributed by atoms with Gasteiger partial charge in [0.15, 0.2) is 11.0 Å². The van der Waals surface area contributed by atoms with E-state index in [0.717, 1.165) is 0 Å². The van der Waals surface area contributed by atoms with Crippen molar-refractivity contribution in [1.82, 2.24) is 10.2 Å². The van der Waals surface area contributed by atoms with E-state index in [0.29, 0.717) is 38.9 Å². The maximum Gasteiger partial charge on any atom is 0.289 e. The lowest BCUT2D eigenvalue weighted by Gasteiger charge is -2.30. The van der Waals surface area contributed by atoms with Crippen molar-refractivity contribution in [2.24, 2.45) is 5.92 Å². The molecule has 0 radical (unpaired) electrons. The highest BCUT2D eigenvalue weighted by Gasteiger charge is 2.28. The maximum absolute atomic E-state index is 12.1. The first-order valence-corrected chi connectivity index (χ1v) is 7.43. The smallest absolute Gasteiger partial charge is 0.289 e. The van der Waals surface area contributed by atoms with E-state index in [1.807, 2.05) is 0 Å². The van der Waals surface area contributed by atoms with Gasteiger partial charge in [0.2, 0.25) is 5.91 Å². The summed E-state index contributed by atoms with van der Waals surface area (Å²) < 4.78 is 5.11. The van der Waals surface area contributed by atoms with Crippen molar-refractivity contribution >= 4 is 23.4 Å². The van der Waals surface area contributed by atoms with Crippen LogP contribution in [-0.4, -0.2) is 48.1 Å². The van der Waals surface area contributed by atoms with Crippen molar-refractivity contribution in [2.75, 3.05) is 26.2 Å². The third-order valence-electron chi connectivity index (χ3n) is 3.57. The summed E-state index contributed by atoms with van der Waals surface area (Å²) in [5, 5.41) is 11.7. The van der Waals surface area contributed by atoms with Gasteiger partial charge in [-0.25, -0.2) is 0 Å². The zero-order chi connectivity index (χ0) is 15.2. The van der Waals surface area contributed by atoms with Crippen molar-refractivity contribution in [3.8, 4) is 0 Å². The van der Waals surface area contributed by atoms with Crippen LogP contribution in [-0.2, 0) is 4.79 Å². The quantitative estimate of drug-likeness (QED) is 0.802. The number of aliphatic hydroxyl groups excluding tert-OH is 1. The first-order chi connectivity index (χ1) is 10.1. The van der Waals surface area contributed by atoms with Crippen molar-refractivity contribution in [3.05, 3.63) is 23.1 Å². The molecule has 0 aromatic carbocycles. The normalized spacial score (nSPS) is 16.0. The molecular formula is C14H19ClN2O4. The zero-order valence-electron chi connectivity index (χ0n) is 11.7. The van der Waals surface area contributed by atoms with Gasteiger partial charge in [-0.05, 0) is 43.0 Å². The Morgan fingerprint density at radius 3 is 2.67 bits per heavy atom. The molecule has 116 valence electrons. The fourth-order valence-corrected chi connectivity index (χ4v) is 2.51. The van der Waals surface area contributed by atoms with Crippen LogP contribution in [0.3, 0.4) is 0 Å². The molecule has 0 atom stereocenters. The van der Waals surface area contributed by atoms with Crippen LogP contribution in [0, 0.1) is 5.92 Å². The first kappa shape index (κ1) is 15.9. The molecular weight excluding hydrogens is 296 g/mol. The van der Waals surface area contributed by atoms with Crippen LogP contribution in [0.25, 0.3) is 0 Å². The zero-order valence-corrected chi connectivity index (χ0v) is 12.4. The standard InChI is InChI=1S/C14H19ClN2O4/c15-12-3-2-11(21-12)14(20)17-7-4-10(5-8-17)13(19)16-6-1-9-18/h2-3,10,18H,1,4-9H2,(H,16,19). The summed E-state index contributed by atoms with van der Waals surface area (Å²) in [5.74, 6) is -0.0450. The monoisotopic (exact) mass is 314 g/mol. The van der Waals surface area contributed by atoms with E-state index < -0.39 is 0 Å². The van der Waals surface area contributed by atoms with Crippen LogP contribution in [0.1, 0.15) is 29.8 Å². The Bertz CT molecular complexity index is 495. The molecule has 21 heavy (non-hydrogen) atoms. The summed E-state index contributed by atoms with van der Waals surface area (Å²) in [7, 11) is 0. The third-order valence-corrected chi connectivity index (χ3v) is 3.77. The average Bonchev–Trinajstić information content (AvgIpc) is 2.93. The number of likely N-dealkylation sites (tertiary alicyclic amines) is 1. The van der Waals surface area contributed by atoms with Crippen LogP contribution >= 0.6 is 11.6 Å². The lowest BCUT2D eigenvalue weighted by molar-refractivity contribution is -0.126. The number of carbonyl (C=O) groups is 2. The highest BCUT2D eigenvalue weighted by Crippen LogP contribution is 2.21. The van der Waals surface area contributed by atoms with E-state index in [9.17, 15) is 9.59 Å². The Labute approximate surface area is 128 Å². The van der Waals surface area contributed by atoms with Gasteiger partial charge in [0.25, 0.3) is 5.91 Å². The lowest BCUT2D eigenvalue weighted by Crippen LogP contribution is -2.43. The predicted octanol–water partition coefficient (Wildman–Crippen LogP) is 1.28. The van der Waals surface area contributed by atoms with E-state index >= 15 is 0 Å². The molecule has 0 spiro atoms. The van der Waals surface area contributed by atoms with Gasteiger partial charge in [-0.1, -0.05) is 0 Å². The number of rotatable bonds is 5. The number of halogens is 1. The Morgan fingerprint density at radius 2 is 2.10 bits per heavy atom. The Balaban J connectivity index is 1.80. The topological polar surface area (TPSA) is 82.8 Å². The second-order valence-corrected chi connectivity index (χ2v) is 5.41. The highest BCUT2D eigenvalue weighted by atomic mass is 35.5. The van der Waals surface area contributed by atoms with Crippen LogP contribution in [0.2, 0.25) is 5.22 Å². The van der Waals surface area contributed by atoms with Crippen LogP contribution in [0.4, 0.5) is 0 Å². The van der Waals surface area contributed by atoms with Gasteiger partial charge in [0, 0.05) is 32.2 Å². The van der Waals surface area contributed by atoms with E-state index in [2.05, 4.69) is 5.32 Å². The van der Waals surface area contributed by atoms with Crippen molar-refractivity contribution in [2.45, 2.75) is 19.3 Å². The molecule has 2 rings (SSSR count). The minimum absolute atomic E-state index is 0.00316. The predicted molar refractivity (Wildman–Crippen MR) is 77.1 cm³/mol. The van der Waals surface area contributed by atoms with Gasteiger partial charge in [-0.3, -0.25) is 9.59 Å². The first-order valence-electron chi connectivity index (χ1n) is 7.05. The molecule has 1 saturated heterocycles. The average molecular weight is 315 g/mol. The van der Waals surface area contributed by atoms with Crippen molar-refractivity contribution < 1.29 is 19.1 Å². The summed E-state index contributed by atoms with van der Waals surface area (Å²) in [4.78, 5) is 25.7. The molecule has 0 aliphatic carbocycles. The number of nitrogens with zero attached hydrogens (tertiary/aromatic N) is 1. The SMILES string of the molecule is O=C(NCCCO)C1CCN(C(=O)c2ccc(Cl)o2)CC1. The van der Waals surface area contributed by atoms with Gasteiger partial charge < -0.3 is 19.7 Å². The number of hydrogen-bond acceptors (Lipinski definition) is 4. The summed E-state index contributed by atoms with van der Waals surface area (Å²) in [6.07, 6.45) is 1.82. The number of amides is 2. The molecule has 7 heteroatoms. The van der Waals surface area contributed by atoms with Crippen LogP contribution < -0.4 is 5.32 Å². The number of furan rings is 1. The lowest BCUT2D eigenvalue weighted by atomic mass is 9.95. The number of piperidine rings is 1. The maximum atomic E-state index is 12.1. The molecule has 1 aliphatic rings. The summed E-state index contributed by atoms with van der Waals surface area (Å²) in [6, 6.07) is 3.09. The minimum Gasteiger partial charge on any atom is -0.440 e. The number of carbonyl (C=O) groups excluding carboxylic acids is 2. The van der Waals surface area contributed by atoms with E-state index in [-0.39, 0.29) is 35.3 Å². The van der Waals surface area contributed by atoms with Gasteiger partial charge >= 0.3 is 0 Å². The largest absolute Gasteiger partial charge is 0.440 e. The Morgan fingerprint density at radius 1 is 1.38 bits per heavy atom. The molecule has 1 aromatic heterocycles. The molecule has 1 aromatic rings.